The molecular formula is C34H26N2O5. The Balaban J connectivity index is 1.28. The predicted octanol–water partition coefficient (Wildman–Crippen LogP) is 7.07. The number of rotatable bonds is 6. The van der Waals surface area contributed by atoms with E-state index < -0.39 is 11.9 Å². The maximum atomic E-state index is 13.1. The van der Waals surface area contributed by atoms with E-state index in [1.807, 2.05) is 86.6 Å². The molecule has 202 valence electrons. The lowest BCUT2D eigenvalue weighted by Gasteiger charge is -2.27. The smallest absolute Gasteiger partial charge is 0.379 e. The fourth-order valence-corrected chi connectivity index (χ4v) is 5.05. The molecule has 0 spiro atoms. The van der Waals surface area contributed by atoms with E-state index in [-0.39, 0.29) is 23.0 Å². The van der Waals surface area contributed by atoms with Crippen molar-refractivity contribution in [2.45, 2.75) is 26.4 Å². The van der Waals surface area contributed by atoms with Crippen LogP contribution in [0.25, 0.3) is 11.0 Å². The average Bonchev–Trinajstić information content (AvgIpc) is 3.31. The van der Waals surface area contributed by atoms with Gasteiger partial charge in [-0.3, -0.25) is 0 Å². The lowest BCUT2D eigenvalue weighted by atomic mass is 9.83. The summed E-state index contributed by atoms with van der Waals surface area (Å²) in [6.45, 7) is 4.20. The molecule has 0 bridgehead atoms. The molecular weight excluding hydrogens is 516 g/mol. The first-order valence-electron chi connectivity index (χ1n) is 13.1. The van der Waals surface area contributed by atoms with E-state index in [4.69, 9.17) is 24.4 Å². The van der Waals surface area contributed by atoms with Gasteiger partial charge in [-0.25, -0.2) is 4.79 Å². The first-order valence-corrected chi connectivity index (χ1v) is 13.1. The minimum atomic E-state index is -0.617. The summed E-state index contributed by atoms with van der Waals surface area (Å²) in [5, 5.41) is 10.8. The van der Waals surface area contributed by atoms with Crippen LogP contribution >= 0.6 is 0 Å². The van der Waals surface area contributed by atoms with Gasteiger partial charge in [0.1, 0.15) is 41.1 Å². The number of benzene rings is 4. The Labute approximate surface area is 237 Å². The van der Waals surface area contributed by atoms with Gasteiger partial charge in [0, 0.05) is 22.6 Å². The average molecular weight is 543 g/mol. The number of nitrogens with zero attached hydrogens (tertiary/aromatic N) is 1. The van der Waals surface area contributed by atoms with Gasteiger partial charge in [0.25, 0.3) is 0 Å². The molecule has 5 aromatic rings. The third kappa shape index (κ3) is 4.99. The van der Waals surface area contributed by atoms with Gasteiger partial charge in [0.05, 0.1) is 5.92 Å². The Hall–Kier alpha value is -5.48. The van der Waals surface area contributed by atoms with Crippen molar-refractivity contribution >= 4 is 16.9 Å². The van der Waals surface area contributed by atoms with Gasteiger partial charge in [-0.1, -0.05) is 60.7 Å². The van der Waals surface area contributed by atoms with Crippen LogP contribution < -0.4 is 19.9 Å². The van der Waals surface area contributed by atoms with E-state index in [1.165, 1.54) is 0 Å². The number of esters is 1. The van der Waals surface area contributed by atoms with E-state index in [0.29, 0.717) is 34.8 Å². The molecule has 1 aromatic heterocycles. The van der Waals surface area contributed by atoms with Crippen LogP contribution in [-0.2, 0) is 6.61 Å². The second-order valence-corrected chi connectivity index (χ2v) is 9.92. The highest BCUT2D eigenvalue weighted by molar-refractivity contribution is 5.97. The molecule has 41 heavy (non-hydrogen) atoms. The van der Waals surface area contributed by atoms with Crippen molar-refractivity contribution in [2.24, 2.45) is 5.73 Å². The molecule has 6 rings (SSSR count). The van der Waals surface area contributed by atoms with Crippen LogP contribution in [-0.4, -0.2) is 5.97 Å². The molecule has 4 aromatic carbocycles. The number of carbonyl (C=O) groups is 1. The van der Waals surface area contributed by atoms with Crippen molar-refractivity contribution in [2.75, 3.05) is 0 Å². The van der Waals surface area contributed by atoms with E-state index in [2.05, 4.69) is 6.07 Å². The zero-order valence-corrected chi connectivity index (χ0v) is 22.5. The molecule has 7 nitrogen and oxygen atoms in total. The van der Waals surface area contributed by atoms with Crippen LogP contribution in [0.2, 0.25) is 0 Å². The highest BCUT2D eigenvalue weighted by atomic mass is 16.5. The standard InChI is InChI=1S/C34H26N2O5/c1-20-11-13-26-21(2)32(40-29(26)15-20)34(37)39-25-12-14-27-30(17-25)41-33(36)28(18-35)31(27)23-9-6-10-24(16-23)38-19-22-7-4-3-5-8-22/h3-17,31H,19,36H2,1-2H3. The summed E-state index contributed by atoms with van der Waals surface area (Å²) in [6, 6.07) is 30.5. The molecule has 2 heterocycles. The number of aryl methyl sites for hydroxylation is 2. The van der Waals surface area contributed by atoms with Gasteiger partial charge < -0.3 is 24.4 Å². The van der Waals surface area contributed by atoms with Gasteiger partial charge in [-0.2, -0.15) is 5.26 Å². The van der Waals surface area contributed by atoms with Crippen molar-refractivity contribution in [3.63, 3.8) is 0 Å². The first kappa shape index (κ1) is 25.8. The van der Waals surface area contributed by atoms with Gasteiger partial charge >= 0.3 is 5.97 Å². The number of hydrogen-bond donors (Lipinski definition) is 1. The van der Waals surface area contributed by atoms with Crippen LogP contribution in [0.4, 0.5) is 0 Å². The number of carbonyl (C=O) groups excluding carboxylic acids is 1. The Morgan fingerprint density at radius 3 is 2.59 bits per heavy atom. The number of ether oxygens (including phenoxy) is 3. The first-order chi connectivity index (χ1) is 19.9. The number of hydrogen-bond acceptors (Lipinski definition) is 7. The van der Waals surface area contributed by atoms with E-state index in [1.54, 1.807) is 18.2 Å². The topological polar surface area (TPSA) is 108 Å². The molecule has 7 heteroatoms. The van der Waals surface area contributed by atoms with Gasteiger partial charge in [-0.15, -0.1) is 0 Å². The molecule has 0 radical (unpaired) electrons. The Morgan fingerprint density at radius 2 is 1.78 bits per heavy atom. The third-order valence-electron chi connectivity index (χ3n) is 7.12. The summed E-state index contributed by atoms with van der Waals surface area (Å²) in [5.74, 6) is 0.342. The number of nitrogens with two attached hydrogens (primary N) is 1. The zero-order valence-electron chi connectivity index (χ0n) is 22.5. The summed E-state index contributed by atoms with van der Waals surface area (Å²) >= 11 is 0. The van der Waals surface area contributed by atoms with Gasteiger partial charge in [0.2, 0.25) is 11.6 Å². The Kier molecular flexibility index (Phi) is 6.66. The highest BCUT2D eigenvalue weighted by Crippen LogP contribution is 2.44. The van der Waals surface area contributed by atoms with Crippen LogP contribution in [0.5, 0.6) is 17.2 Å². The van der Waals surface area contributed by atoms with Crippen LogP contribution in [0, 0.1) is 25.2 Å². The lowest BCUT2D eigenvalue weighted by molar-refractivity contribution is 0.0702. The van der Waals surface area contributed by atoms with Gasteiger partial charge in [0.15, 0.2) is 0 Å². The molecule has 1 unspecified atom stereocenters. The minimum Gasteiger partial charge on any atom is -0.489 e. The summed E-state index contributed by atoms with van der Waals surface area (Å²) in [4.78, 5) is 13.1. The molecule has 0 fully saturated rings. The summed E-state index contributed by atoms with van der Waals surface area (Å²) in [6.07, 6.45) is 0. The number of nitriles is 1. The molecule has 0 amide bonds. The van der Waals surface area contributed by atoms with Crippen molar-refractivity contribution in [1.29, 1.82) is 5.26 Å². The normalized spacial score (nSPS) is 14.2. The van der Waals surface area contributed by atoms with Crippen molar-refractivity contribution < 1.29 is 23.4 Å². The summed E-state index contributed by atoms with van der Waals surface area (Å²) in [7, 11) is 0. The second kappa shape index (κ2) is 10.6. The van der Waals surface area contributed by atoms with Crippen LogP contribution in [0.3, 0.4) is 0 Å². The Morgan fingerprint density at radius 1 is 0.951 bits per heavy atom. The van der Waals surface area contributed by atoms with Crippen LogP contribution in [0.15, 0.2) is 107 Å². The summed E-state index contributed by atoms with van der Waals surface area (Å²) < 4.78 is 23.3. The molecule has 1 aliphatic rings. The fraction of sp³-hybridized carbons (Fsp3) is 0.118. The van der Waals surface area contributed by atoms with E-state index >= 15 is 0 Å². The lowest BCUT2D eigenvalue weighted by Crippen LogP contribution is -2.21. The second-order valence-electron chi connectivity index (χ2n) is 9.92. The maximum Gasteiger partial charge on any atom is 0.379 e. The molecule has 0 saturated carbocycles. The highest BCUT2D eigenvalue weighted by Gasteiger charge is 2.31. The summed E-state index contributed by atoms with van der Waals surface area (Å²) in [5.41, 5.74) is 11.4. The zero-order chi connectivity index (χ0) is 28.5. The quantitative estimate of drug-likeness (QED) is 0.181. The molecule has 0 aliphatic carbocycles. The fourth-order valence-electron chi connectivity index (χ4n) is 5.05. The van der Waals surface area contributed by atoms with Gasteiger partial charge in [-0.05, 0) is 54.8 Å². The third-order valence-corrected chi connectivity index (χ3v) is 7.12. The monoisotopic (exact) mass is 542 g/mol. The van der Waals surface area contributed by atoms with Crippen molar-refractivity contribution in [1.82, 2.24) is 0 Å². The van der Waals surface area contributed by atoms with E-state index in [9.17, 15) is 10.1 Å². The van der Waals surface area contributed by atoms with Crippen molar-refractivity contribution in [3.05, 3.63) is 136 Å². The number of furan rings is 1. The predicted molar refractivity (Wildman–Crippen MR) is 154 cm³/mol. The van der Waals surface area contributed by atoms with E-state index in [0.717, 1.165) is 22.1 Å². The SMILES string of the molecule is Cc1ccc2c(C)c(C(=O)Oc3ccc4c(c3)OC(N)=C(C#N)C4c3cccc(OCc4ccccc4)c3)oc2c1. The Bertz CT molecular complexity index is 1860. The number of allylic oxidation sites excluding steroid dienone is 1. The molecule has 1 atom stereocenters. The number of fused-ring (bicyclic) bond motifs is 2. The maximum absolute atomic E-state index is 13.1. The molecule has 0 saturated heterocycles. The molecule has 2 N–H and O–H groups in total. The minimum absolute atomic E-state index is 0.00687. The largest absolute Gasteiger partial charge is 0.489 e. The molecule has 1 aliphatic heterocycles. The van der Waals surface area contributed by atoms with Crippen molar-refractivity contribution in [3.8, 4) is 23.3 Å². The van der Waals surface area contributed by atoms with Crippen LogP contribution in [0.1, 0.15) is 44.3 Å².